The van der Waals surface area contributed by atoms with Crippen LogP contribution in [0.1, 0.15) is 63.0 Å². The lowest BCUT2D eigenvalue weighted by molar-refractivity contribution is 0.116. The van der Waals surface area contributed by atoms with Crippen LogP contribution in [0.3, 0.4) is 0 Å². The van der Waals surface area contributed by atoms with E-state index in [1.165, 1.54) is 43.2 Å². The van der Waals surface area contributed by atoms with E-state index in [1.54, 1.807) is 0 Å². The number of unbranched alkanes of at least 4 members (excludes halogenated alkanes) is 5. The van der Waals surface area contributed by atoms with E-state index in [2.05, 4.69) is 36.5 Å². The van der Waals surface area contributed by atoms with Crippen molar-refractivity contribution < 1.29 is 14.9 Å². The summed E-state index contributed by atoms with van der Waals surface area (Å²) in [5.74, 6) is 0. The number of hydrogen-bond donors (Lipinski definition) is 3. The Bertz CT molecular complexity index is 354. The van der Waals surface area contributed by atoms with E-state index in [4.69, 9.17) is 14.9 Å². The third-order valence-corrected chi connectivity index (χ3v) is 3.77. The predicted molar refractivity (Wildman–Crippen MR) is 101 cm³/mol. The number of benzene rings is 1. The van der Waals surface area contributed by atoms with Gasteiger partial charge in [0.2, 0.25) is 0 Å². The quantitative estimate of drug-likeness (QED) is 0.453. The van der Waals surface area contributed by atoms with Crippen LogP contribution >= 0.6 is 0 Å². The second-order valence-corrected chi connectivity index (χ2v) is 5.89. The van der Waals surface area contributed by atoms with Crippen LogP contribution in [0.2, 0.25) is 0 Å². The van der Waals surface area contributed by atoms with E-state index in [-0.39, 0.29) is 6.61 Å². The van der Waals surface area contributed by atoms with Crippen LogP contribution in [0, 0.1) is 0 Å². The lowest BCUT2D eigenvalue weighted by Gasteiger charge is -2.07. The maximum absolute atomic E-state index is 8.72. The van der Waals surface area contributed by atoms with Gasteiger partial charge in [0.15, 0.2) is 0 Å². The molecule has 0 amide bonds. The molecule has 0 aliphatic carbocycles. The van der Waals surface area contributed by atoms with Crippen LogP contribution in [-0.2, 0) is 17.9 Å². The van der Waals surface area contributed by atoms with Gasteiger partial charge in [-0.25, -0.2) is 0 Å². The molecule has 0 bridgehead atoms. The molecule has 24 heavy (non-hydrogen) atoms. The molecular formula is C20H37NO3. The number of aliphatic hydroxyl groups is 2. The second kappa shape index (κ2) is 18.4. The van der Waals surface area contributed by atoms with Crippen molar-refractivity contribution in [1.29, 1.82) is 0 Å². The fourth-order valence-corrected chi connectivity index (χ4v) is 2.35. The summed E-state index contributed by atoms with van der Waals surface area (Å²) in [5.41, 5.74) is 2.55. The summed E-state index contributed by atoms with van der Waals surface area (Å²) in [6, 6.07) is 8.64. The minimum Gasteiger partial charge on any atom is -0.400 e. The Labute approximate surface area is 148 Å². The first-order valence-electron chi connectivity index (χ1n) is 9.28. The molecule has 0 radical (unpaired) electrons. The average Bonchev–Trinajstić information content (AvgIpc) is 2.63. The van der Waals surface area contributed by atoms with Crippen LogP contribution in [0.5, 0.6) is 0 Å². The van der Waals surface area contributed by atoms with E-state index >= 15 is 0 Å². The average molecular weight is 340 g/mol. The minimum atomic E-state index is 0.287. The molecule has 0 heterocycles. The lowest BCUT2D eigenvalue weighted by atomic mass is 10.1. The molecule has 140 valence electrons. The molecule has 0 atom stereocenters. The number of aliphatic hydroxyl groups excluding tert-OH is 2. The van der Waals surface area contributed by atoms with Crippen LogP contribution in [0.15, 0.2) is 24.3 Å². The summed E-state index contributed by atoms with van der Waals surface area (Å²) in [6.45, 7) is 5.98. The van der Waals surface area contributed by atoms with E-state index in [0.717, 1.165) is 46.3 Å². The van der Waals surface area contributed by atoms with Gasteiger partial charge in [0.05, 0.1) is 6.61 Å². The Balaban J connectivity index is 0.00000254. The molecule has 0 unspecified atom stereocenters. The Morgan fingerprint density at radius 1 is 0.875 bits per heavy atom. The molecule has 0 aliphatic rings. The first kappa shape index (κ1) is 23.1. The molecular weight excluding hydrogens is 302 g/mol. The van der Waals surface area contributed by atoms with E-state index in [9.17, 15) is 0 Å². The molecule has 0 spiro atoms. The van der Waals surface area contributed by atoms with Gasteiger partial charge in [0.25, 0.3) is 0 Å². The number of ether oxygens (including phenoxy) is 1. The lowest BCUT2D eigenvalue weighted by Crippen LogP contribution is -2.14. The summed E-state index contributed by atoms with van der Waals surface area (Å²) < 4.78 is 5.73. The summed E-state index contributed by atoms with van der Waals surface area (Å²) in [6.07, 6.45) is 8.34. The molecule has 0 saturated heterocycles. The highest BCUT2D eigenvalue weighted by Gasteiger charge is 1.96. The van der Waals surface area contributed by atoms with Gasteiger partial charge in [-0.3, -0.25) is 0 Å². The van der Waals surface area contributed by atoms with Crippen LogP contribution in [0.25, 0.3) is 0 Å². The summed E-state index contributed by atoms with van der Waals surface area (Å²) in [7, 11) is 1.00. The summed E-state index contributed by atoms with van der Waals surface area (Å²) >= 11 is 0. The van der Waals surface area contributed by atoms with Crippen LogP contribution < -0.4 is 5.32 Å². The molecule has 0 fully saturated rings. The van der Waals surface area contributed by atoms with Gasteiger partial charge in [-0.2, -0.15) is 0 Å². The van der Waals surface area contributed by atoms with Crippen molar-refractivity contribution in [2.24, 2.45) is 0 Å². The fourth-order valence-electron chi connectivity index (χ4n) is 2.35. The zero-order valence-electron chi connectivity index (χ0n) is 15.6. The molecule has 3 N–H and O–H groups in total. The highest BCUT2D eigenvalue weighted by atomic mass is 16.5. The van der Waals surface area contributed by atoms with Crippen molar-refractivity contribution in [1.82, 2.24) is 5.32 Å². The fraction of sp³-hybridized carbons (Fsp3) is 0.700. The molecule has 0 aliphatic heterocycles. The first-order chi connectivity index (χ1) is 11.9. The van der Waals surface area contributed by atoms with Crippen LogP contribution in [-0.4, -0.2) is 37.1 Å². The van der Waals surface area contributed by atoms with Gasteiger partial charge in [-0.05, 0) is 36.9 Å². The van der Waals surface area contributed by atoms with Crippen molar-refractivity contribution in [2.45, 2.75) is 65.0 Å². The Hall–Kier alpha value is -0.940. The summed E-state index contributed by atoms with van der Waals surface area (Å²) in [4.78, 5) is 0. The SMILES string of the molecule is CCCCCCCOCc1ccc(CNCCCCO)cc1.CO. The van der Waals surface area contributed by atoms with Gasteiger partial charge in [0, 0.05) is 26.9 Å². The first-order valence-corrected chi connectivity index (χ1v) is 9.28. The summed E-state index contributed by atoms with van der Waals surface area (Å²) in [5, 5.41) is 19.1. The molecule has 4 heteroatoms. The van der Waals surface area contributed by atoms with Gasteiger partial charge < -0.3 is 20.3 Å². The molecule has 0 saturated carbocycles. The molecule has 1 rings (SSSR count). The number of rotatable bonds is 14. The maximum Gasteiger partial charge on any atom is 0.0716 e. The standard InChI is InChI=1S/C19H33NO2.CH4O/c1-2-3-4-5-8-15-22-17-19-11-9-18(10-12-19)16-20-13-6-7-14-21;1-2/h9-12,20-21H,2-8,13-17H2,1H3;2H,1H3. The largest absolute Gasteiger partial charge is 0.400 e. The van der Waals surface area contributed by atoms with Crippen molar-refractivity contribution in [3.8, 4) is 0 Å². The maximum atomic E-state index is 8.72. The van der Waals surface area contributed by atoms with Crippen molar-refractivity contribution in [2.75, 3.05) is 26.9 Å². The Morgan fingerprint density at radius 2 is 1.54 bits per heavy atom. The van der Waals surface area contributed by atoms with E-state index in [1.807, 2.05) is 0 Å². The topological polar surface area (TPSA) is 61.7 Å². The molecule has 0 aromatic heterocycles. The third kappa shape index (κ3) is 13.5. The molecule has 1 aromatic rings. The third-order valence-electron chi connectivity index (χ3n) is 3.77. The van der Waals surface area contributed by atoms with E-state index < -0.39 is 0 Å². The molecule has 4 nitrogen and oxygen atoms in total. The van der Waals surface area contributed by atoms with Gasteiger partial charge in [-0.1, -0.05) is 56.9 Å². The van der Waals surface area contributed by atoms with Crippen molar-refractivity contribution >= 4 is 0 Å². The Morgan fingerprint density at radius 3 is 2.21 bits per heavy atom. The van der Waals surface area contributed by atoms with Gasteiger partial charge in [-0.15, -0.1) is 0 Å². The highest BCUT2D eigenvalue weighted by molar-refractivity contribution is 5.21. The van der Waals surface area contributed by atoms with Crippen molar-refractivity contribution in [3.05, 3.63) is 35.4 Å². The number of hydrogen-bond acceptors (Lipinski definition) is 4. The molecule has 1 aromatic carbocycles. The van der Waals surface area contributed by atoms with Crippen molar-refractivity contribution in [3.63, 3.8) is 0 Å². The zero-order chi connectivity index (χ0) is 17.9. The van der Waals surface area contributed by atoms with Crippen LogP contribution in [0.4, 0.5) is 0 Å². The van der Waals surface area contributed by atoms with E-state index in [0.29, 0.717) is 0 Å². The minimum absolute atomic E-state index is 0.287. The highest BCUT2D eigenvalue weighted by Crippen LogP contribution is 2.07. The van der Waals surface area contributed by atoms with Gasteiger partial charge in [0.1, 0.15) is 0 Å². The Kier molecular flexibility index (Phi) is 17.7. The predicted octanol–water partition coefficient (Wildman–Crippen LogP) is 3.64. The monoisotopic (exact) mass is 339 g/mol. The second-order valence-electron chi connectivity index (χ2n) is 5.89. The number of nitrogens with one attached hydrogen (secondary N) is 1. The van der Waals surface area contributed by atoms with Gasteiger partial charge >= 0.3 is 0 Å². The zero-order valence-corrected chi connectivity index (χ0v) is 15.6. The normalized spacial score (nSPS) is 10.3. The smallest absolute Gasteiger partial charge is 0.0716 e.